The minimum absolute atomic E-state index is 0.125. The average molecular weight is 467 g/mol. The lowest BCUT2D eigenvalue weighted by Gasteiger charge is -2.32. The van der Waals surface area contributed by atoms with E-state index in [1.807, 2.05) is 0 Å². The normalized spacial score (nSPS) is 17.8. The maximum Gasteiger partial charge on any atom is 0.356 e. The number of carbonyl (C=O) groups excluding carboxylic acids is 1. The van der Waals surface area contributed by atoms with Crippen molar-refractivity contribution < 1.29 is 14.3 Å². The minimum atomic E-state index is -0.386. The highest BCUT2D eigenvalue weighted by molar-refractivity contribution is 5.87. The maximum absolute atomic E-state index is 12.1. The zero-order chi connectivity index (χ0) is 23.9. The van der Waals surface area contributed by atoms with Crippen molar-refractivity contribution in [2.24, 2.45) is 0 Å². The summed E-state index contributed by atoms with van der Waals surface area (Å²) in [5.74, 6) is -0.0314. The van der Waals surface area contributed by atoms with Gasteiger partial charge in [0.15, 0.2) is 0 Å². The molecule has 3 aromatic carbocycles. The van der Waals surface area contributed by atoms with E-state index in [2.05, 4.69) is 77.0 Å². The van der Waals surface area contributed by atoms with Crippen molar-refractivity contribution in [3.63, 3.8) is 0 Å². The molecule has 1 aliphatic heterocycles. The second kappa shape index (κ2) is 11.3. The number of fused-ring (bicyclic) bond motifs is 1. The first-order valence-corrected chi connectivity index (χ1v) is 12.2. The van der Waals surface area contributed by atoms with E-state index >= 15 is 0 Å². The van der Waals surface area contributed by atoms with Gasteiger partial charge in [-0.1, -0.05) is 66.7 Å². The SMILES string of the molecule is O=C(OCCc1ccc(C2CCNCC2OCc2ccc3ccccc3c2)cc1)c1ccccn1. The highest BCUT2D eigenvalue weighted by Gasteiger charge is 2.27. The van der Waals surface area contributed by atoms with E-state index in [1.165, 1.54) is 21.9 Å². The molecule has 4 aromatic rings. The van der Waals surface area contributed by atoms with Gasteiger partial charge in [0, 0.05) is 25.1 Å². The van der Waals surface area contributed by atoms with Crippen LogP contribution in [0, 0.1) is 0 Å². The fraction of sp³-hybridized carbons (Fsp3) is 0.267. The van der Waals surface area contributed by atoms with Gasteiger partial charge in [0.1, 0.15) is 5.69 Å². The van der Waals surface area contributed by atoms with Gasteiger partial charge in [0.05, 0.1) is 19.3 Å². The summed E-state index contributed by atoms with van der Waals surface area (Å²) in [6.07, 6.45) is 3.44. The molecule has 1 N–H and O–H groups in total. The molecule has 35 heavy (non-hydrogen) atoms. The molecule has 0 bridgehead atoms. The molecule has 0 radical (unpaired) electrons. The Hall–Kier alpha value is -3.54. The molecule has 0 saturated carbocycles. The van der Waals surface area contributed by atoms with E-state index in [-0.39, 0.29) is 12.1 Å². The van der Waals surface area contributed by atoms with Crippen molar-refractivity contribution in [1.82, 2.24) is 10.3 Å². The summed E-state index contributed by atoms with van der Waals surface area (Å²) in [5.41, 5.74) is 3.97. The minimum Gasteiger partial charge on any atom is -0.461 e. The quantitative estimate of drug-likeness (QED) is 0.357. The smallest absolute Gasteiger partial charge is 0.356 e. The molecule has 1 aromatic heterocycles. The number of hydrogen-bond donors (Lipinski definition) is 1. The van der Waals surface area contributed by atoms with Crippen LogP contribution < -0.4 is 5.32 Å². The standard InChI is InChI=1S/C30H30N2O3/c33-30(28-7-3-4-16-32-28)34-18-15-22-8-12-25(13-9-22)27-14-17-31-20-29(27)35-21-23-10-11-24-5-1-2-6-26(24)19-23/h1-13,16,19,27,29,31H,14-15,17-18,20-21H2. The molecule has 0 aliphatic carbocycles. The number of esters is 1. The Kier molecular flexibility index (Phi) is 7.47. The van der Waals surface area contributed by atoms with Crippen molar-refractivity contribution in [3.05, 3.63) is 114 Å². The number of ether oxygens (including phenoxy) is 2. The number of pyridine rings is 1. The van der Waals surface area contributed by atoms with Crippen molar-refractivity contribution in [1.29, 1.82) is 0 Å². The lowest BCUT2D eigenvalue weighted by atomic mass is 9.87. The van der Waals surface area contributed by atoms with Gasteiger partial charge in [-0.25, -0.2) is 9.78 Å². The largest absolute Gasteiger partial charge is 0.461 e. The van der Waals surface area contributed by atoms with E-state index in [0.29, 0.717) is 31.2 Å². The number of nitrogens with one attached hydrogen (secondary N) is 1. The van der Waals surface area contributed by atoms with Gasteiger partial charge in [-0.05, 0) is 58.6 Å². The van der Waals surface area contributed by atoms with Gasteiger partial charge in [-0.15, -0.1) is 0 Å². The molecule has 2 atom stereocenters. The Morgan fingerprint density at radius 1 is 0.914 bits per heavy atom. The molecule has 0 amide bonds. The molecule has 0 spiro atoms. The zero-order valence-electron chi connectivity index (χ0n) is 19.7. The Morgan fingerprint density at radius 2 is 1.71 bits per heavy atom. The van der Waals surface area contributed by atoms with Crippen molar-refractivity contribution in [2.75, 3.05) is 19.7 Å². The lowest BCUT2D eigenvalue weighted by molar-refractivity contribution is 0.0106. The van der Waals surface area contributed by atoms with E-state index in [1.54, 1.807) is 24.4 Å². The van der Waals surface area contributed by atoms with Crippen LogP contribution in [0.25, 0.3) is 10.8 Å². The monoisotopic (exact) mass is 466 g/mol. The molecule has 1 aliphatic rings. The molecule has 5 nitrogen and oxygen atoms in total. The Balaban J connectivity index is 1.16. The van der Waals surface area contributed by atoms with Gasteiger partial charge in [-0.3, -0.25) is 0 Å². The fourth-order valence-corrected chi connectivity index (χ4v) is 4.67. The summed E-state index contributed by atoms with van der Waals surface area (Å²) in [5, 5.41) is 5.98. The molecule has 1 fully saturated rings. The highest BCUT2D eigenvalue weighted by Crippen LogP contribution is 2.29. The first kappa shape index (κ1) is 23.2. The molecular formula is C30H30N2O3. The van der Waals surface area contributed by atoms with E-state index < -0.39 is 0 Å². The van der Waals surface area contributed by atoms with Crippen LogP contribution in [0.3, 0.4) is 0 Å². The zero-order valence-corrected chi connectivity index (χ0v) is 19.7. The topological polar surface area (TPSA) is 60.5 Å². The summed E-state index contributed by atoms with van der Waals surface area (Å²) in [4.78, 5) is 16.1. The predicted molar refractivity (Wildman–Crippen MR) is 137 cm³/mol. The maximum atomic E-state index is 12.1. The molecule has 5 heteroatoms. The predicted octanol–water partition coefficient (Wildman–Crippen LogP) is 5.30. The third-order valence-electron chi connectivity index (χ3n) is 6.61. The lowest BCUT2D eigenvalue weighted by Crippen LogP contribution is -2.40. The number of rotatable bonds is 8. The molecule has 2 unspecified atom stereocenters. The summed E-state index contributed by atoms with van der Waals surface area (Å²) >= 11 is 0. The third kappa shape index (κ3) is 5.94. The van der Waals surface area contributed by atoms with Crippen LogP contribution in [0.15, 0.2) is 91.1 Å². The van der Waals surface area contributed by atoms with Crippen LogP contribution in [0.5, 0.6) is 0 Å². The number of carbonyl (C=O) groups is 1. The van der Waals surface area contributed by atoms with Gasteiger partial charge >= 0.3 is 5.97 Å². The van der Waals surface area contributed by atoms with Crippen molar-refractivity contribution in [3.8, 4) is 0 Å². The second-order valence-electron chi connectivity index (χ2n) is 8.97. The Morgan fingerprint density at radius 3 is 2.54 bits per heavy atom. The van der Waals surface area contributed by atoms with E-state index in [9.17, 15) is 4.79 Å². The Labute approximate surface area is 206 Å². The van der Waals surface area contributed by atoms with Gasteiger partial charge < -0.3 is 14.8 Å². The molecular weight excluding hydrogens is 436 g/mol. The molecule has 1 saturated heterocycles. The summed E-state index contributed by atoms with van der Waals surface area (Å²) in [6, 6.07) is 28.8. The second-order valence-corrected chi connectivity index (χ2v) is 8.97. The molecule has 5 rings (SSSR count). The molecule has 2 heterocycles. The molecule has 178 valence electrons. The number of nitrogens with zero attached hydrogens (tertiary/aromatic N) is 1. The number of benzene rings is 3. The fourth-order valence-electron chi connectivity index (χ4n) is 4.67. The van der Waals surface area contributed by atoms with Gasteiger partial charge in [0.25, 0.3) is 0 Å². The Bertz CT molecular complexity index is 1260. The van der Waals surface area contributed by atoms with Crippen LogP contribution in [0.2, 0.25) is 0 Å². The van der Waals surface area contributed by atoms with Crippen LogP contribution in [0.1, 0.15) is 39.5 Å². The van der Waals surface area contributed by atoms with Crippen molar-refractivity contribution >= 4 is 16.7 Å². The van der Waals surface area contributed by atoms with Crippen LogP contribution >= 0.6 is 0 Å². The van der Waals surface area contributed by atoms with Gasteiger partial charge in [-0.2, -0.15) is 0 Å². The summed E-state index contributed by atoms with van der Waals surface area (Å²) in [6.45, 7) is 2.78. The van der Waals surface area contributed by atoms with E-state index in [0.717, 1.165) is 25.1 Å². The van der Waals surface area contributed by atoms with Gasteiger partial charge in [0.2, 0.25) is 0 Å². The number of aromatic nitrogens is 1. The van der Waals surface area contributed by atoms with Crippen LogP contribution in [-0.4, -0.2) is 36.8 Å². The summed E-state index contributed by atoms with van der Waals surface area (Å²) < 4.78 is 11.8. The third-order valence-corrected chi connectivity index (χ3v) is 6.61. The number of piperidine rings is 1. The average Bonchev–Trinajstić information content (AvgIpc) is 2.93. The highest BCUT2D eigenvalue weighted by atomic mass is 16.5. The van der Waals surface area contributed by atoms with Crippen LogP contribution in [-0.2, 0) is 22.5 Å². The van der Waals surface area contributed by atoms with Crippen molar-refractivity contribution in [2.45, 2.75) is 31.5 Å². The van der Waals surface area contributed by atoms with E-state index in [4.69, 9.17) is 9.47 Å². The first-order valence-electron chi connectivity index (χ1n) is 12.2. The number of hydrogen-bond acceptors (Lipinski definition) is 5. The van der Waals surface area contributed by atoms with Crippen LogP contribution in [0.4, 0.5) is 0 Å². The first-order chi connectivity index (χ1) is 17.3. The summed E-state index contributed by atoms with van der Waals surface area (Å²) in [7, 11) is 0.